The lowest BCUT2D eigenvalue weighted by Gasteiger charge is -2.25. The van der Waals surface area contributed by atoms with Crippen molar-refractivity contribution in [3.8, 4) is 23.0 Å². The lowest BCUT2D eigenvalue weighted by Crippen LogP contribution is -2.15. The fourth-order valence-electron chi connectivity index (χ4n) is 2.20. The van der Waals surface area contributed by atoms with Gasteiger partial charge in [-0.05, 0) is 24.3 Å². The Bertz CT molecular complexity index is 733. The van der Waals surface area contributed by atoms with Crippen molar-refractivity contribution in [2.75, 3.05) is 0 Å². The normalized spacial score (nSPS) is 17.3. The van der Waals surface area contributed by atoms with Crippen molar-refractivity contribution in [2.24, 2.45) is 0 Å². The number of hydrogen-bond acceptors (Lipinski definition) is 6. The van der Waals surface area contributed by atoms with Crippen molar-refractivity contribution >= 4 is 5.76 Å². The Labute approximate surface area is 119 Å². The minimum atomic E-state index is -1.47. The summed E-state index contributed by atoms with van der Waals surface area (Å²) in [6.45, 7) is 0. The van der Waals surface area contributed by atoms with Crippen LogP contribution >= 0.6 is 0 Å². The van der Waals surface area contributed by atoms with E-state index >= 15 is 0 Å². The molecule has 1 atom stereocenters. The molecule has 6 nitrogen and oxygen atoms in total. The van der Waals surface area contributed by atoms with E-state index in [0.29, 0.717) is 5.56 Å². The molecule has 0 amide bonds. The van der Waals surface area contributed by atoms with Gasteiger partial charge >= 0.3 is 0 Å². The monoisotopic (exact) mass is 288 g/mol. The average Bonchev–Trinajstić information content (AvgIpc) is 2.43. The Morgan fingerprint density at radius 1 is 0.857 bits per heavy atom. The summed E-state index contributed by atoms with van der Waals surface area (Å²) in [5.74, 6) is -1.00. The van der Waals surface area contributed by atoms with Crippen molar-refractivity contribution < 1.29 is 30.3 Å². The number of benzene rings is 2. The molecule has 5 N–H and O–H groups in total. The van der Waals surface area contributed by atoms with E-state index in [1.54, 1.807) is 0 Å². The minimum Gasteiger partial charge on any atom is -0.508 e. The summed E-state index contributed by atoms with van der Waals surface area (Å²) in [4.78, 5) is 0. The van der Waals surface area contributed by atoms with Gasteiger partial charge in [-0.1, -0.05) is 0 Å². The summed E-state index contributed by atoms with van der Waals surface area (Å²) < 4.78 is 5.47. The van der Waals surface area contributed by atoms with Crippen LogP contribution in [0.5, 0.6) is 23.0 Å². The highest BCUT2D eigenvalue weighted by Crippen LogP contribution is 2.46. The molecule has 108 valence electrons. The van der Waals surface area contributed by atoms with Crippen molar-refractivity contribution in [3.05, 3.63) is 53.3 Å². The first kappa shape index (κ1) is 13.1. The SMILES string of the molecule is OC1=C(c2ccc(O)cc2)Oc2cc(O)cc(O)c2[C@@H]1O. The lowest BCUT2D eigenvalue weighted by atomic mass is 9.99. The lowest BCUT2D eigenvalue weighted by molar-refractivity contribution is 0.138. The number of hydrogen-bond donors (Lipinski definition) is 5. The molecule has 0 aliphatic carbocycles. The van der Waals surface area contributed by atoms with Crippen molar-refractivity contribution in [2.45, 2.75) is 6.10 Å². The zero-order chi connectivity index (χ0) is 15.1. The number of aliphatic hydroxyl groups is 2. The summed E-state index contributed by atoms with van der Waals surface area (Å²) in [6.07, 6.45) is -1.47. The molecule has 2 aromatic rings. The summed E-state index contributed by atoms with van der Waals surface area (Å²) in [6, 6.07) is 8.08. The molecule has 0 saturated carbocycles. The second kappa shape index (κ2) is 4.60. The maximum absolute atomic E-state index is 10.1. The first-order valence-corrected chi connectivity index (χ1v) is 6.11. The van der Waals surface area contributed by atoms with Crippen LogP contribution in [0, 0.1) is 0 Å². The maximum atomic E-state index is 10.1. The van der Waals surface area contributed by atoms with Crippen LogP contribution in [0.3, 0.4) is 0 Å². The van der Waals surface area contributed by atoms with Gasteiger partial charge in [-0.2, -0.15) is 0 Å². The van der Waals surface area contributed by atoms with E-state index in [1.807, 2.05) is 0 Å². The van der Waals surface area contributed by atoms with Crippen LogP contribution in [0.1, 0.15) is 17.2 Å². The second-order valence-corrected chi connectivity index (χ2v) is 4.64. The molecule has 0 aromatic heterocycles. The number of ether oxygens (including phenoxy) is 1. The van der Waals surface area contributed by atoms with Crippen LogP contribution in [0.4, 0.5) is 0 Å². The van der Waals surface area contributed by atoms with Crippen LogP contribution in [-0.2, 0) is 0 Å². The molecule has 1 heterocycles. The van der Waals surface area contributed by atoms with Gasteiger partial charge in [0.1, 0.15) is 29.1 Å². The molecule has 1 aliphatic heterocycles. The van der Waals surface area contributed by atoms with Gasteiger partial charge in [0, 0.05) is 17.7 Å². The molecule has 1 aliphatic rings. The Kier molecular flexibility index (Phi) is 2.88. The Hall–Kier alpha value is -2.86. The molecule has 0 unspecified atom stereocenters. The van der Waals surface area contributed by atoms with Gasteiger partial charge in [-0.3, -0.25) is 0 Å². The molecule has 2 aromatic carbocycles. The van der Waals surface area contributed by atoms with Crippen LogP contribution in [0.25, 0.3) is 5.76 Å². The highest BCUT2D eigenvalue weighted by Gasteiger charge is 2.32. The molecule has 0 fully saturated rings. The first-order valence-electron chi connectivity index (χ1n) is 6.11. The number of fused-ring (bicyclic) bond motifs is 1. The van der Waals surface area contributed by atoms with E-state index in [4.69, 9.17) is 4.74 Å². The maximum Gasteiger partial charge on any atom is 0.175 e. The number of phenolic OH excluding ortho intramolecular Hbond substituents is 3. The van der Waals surface area contributed by atoms with Gasteiger partial charge in [0.25, 0.3) is 0 Å². The molecular formula is C15H12O6. The van der Waals surface area contributed by atoms with Crippen LogP contribution in [-0.4, -0.2) is 25.5 Å². The molecule has 21 heavy (non-hydrogen) atoms. The quantitative estimate of drug-likeness (QED) is 0.550. The van der Waals surface area contributed by atoms with E-state index < -0.39 is 11.9 Å². The largest absolute Gasteiger partial charge is 0.508 e. The van der Waals surface area contributed by atoms with E-state index in [2.05, 4.69) is 0 Å². The predicted octanol–water partition coefficient (Wildman–Crippen LogP) is 2.16. The number of aromatic hydroxyl groups is 3. The molecule has 0 saturated heterocycles. The van der Waals surface area contributed by atoms with E-state index in [0.717, 1.165) is 6.07 Å². The van der Waals surface area contributed by atoms with Gasteiger partial charge < -0.3 is 30.3 Å². The molecule has 6 heteroatoms. The van der Waals surface area contributed by atoms with Gasteiger partial charge in [0.2, 0.25) is 0 Å². The predicted molar refractivity (Wildman–Crippen MR) is 73.0 cm³/mol. The Balaban J connectivity index is 2.12. The Morgan fingerprint density at radius 3 is 2.19 bits per heavy atom. The molecular weight excluding hydrogens is 276 g/mol. The molecule has 0 spiro atoms. The third-order valence-corrected chi connectivity index (χ3v) is 3.21. The summed E-state index contributed by atoms with van der Waals surface area (Å²) in [5.41, 5.74) is 0.408. The molecule has 0 radical (unpaired) electrons. The highest BCUT2D eigenvalue weighted by molar-refractivity contribution is 5.70. The second-order valence-electron chi connectivity index (χ2n) is 4.64. The summed E-state index contributed by atoms with van der Waals surface area (Å²) >= 11 is 0. The smallest absolute Gasteiger partial charge is 0.175 e. The standard InChI is InChI=1S/C15H12O6/c16-8-3-1-7(2-4-8)15-14(20)13(19)12-10(18)5-9(17)6-11(12)21-15/h1-6,13,16-20H/t13-/m0/s1. The van der Waals surface area contributed by atoms with E-state index in [9.17, 15) is 25.5 Å². The molecule has 3 rings (SSSR count). The number of rotatable bonds is 1. The van der Waals surface area contributed by atoms with Crippen molar-refractivity contribution in [1.29, 1.82) is 0 Å². The van der Waals surface area contributed by atoms with Gasteiger partial charge in [0.05, 0.1) is 5.56 Å². The average molecular weight is 288 g/mol. The van der Waals surface area contributed by atoms with Crippen LogP contribution in [0.2, 0.25) is 0 Å². The van der Waals surface area contributed by atoms with Crippen molar-refractivity contribution in [3.63, 3.8) is 0 Å². The third-order valence-electron chi connectivity index (χ3n) is 3.21. The first-order chi connectivity index (χ1) is 9.97. The summed E-state index contributed by atoms with van der Waals surface area (Å²) in [7, 11) is 0. The van der Waals surface area contributed by atoms with E-state index in [1.165, 1.54) is 30.3 Å². The minimum absolute atomic E-state index is 0.0139. The Morgan fingerprint density at radius 2 is 1.52 bits per heavy atom. The fraction of sp³-hybridized carbons (Fsp3) is 0.0667. The molecule has 0 bridgehead atoms. The zero-order valence-corrected chi connectivity index (χ0v) is 10.7. The van der Waals surface area contributed by atoms with Crippen LogP contribution in [0.15, 0.2) is 42.2 Å². The van der Waals surface area contributed by atoms with E-state index in [-0.39, 0.29) is 34.3 Å². The zero-order valence-electron chi connectivity index (χ0n) is 10.7. The van der Waals surface area contributed by atoms with Crippen LogP contribution < -0.4 is 4.74 Å². The van der Waals surface area contributed by atoms with Gasteiger partial charge in [-0.15, -0.1) is 0 Å². The van der Waals surface area contributed by atoms with Crippen molar-refractivity contribution in [1.82, 2.24) is 0 Å². The topological polar surface area (TPSA) is 110 Å². The highest BCUT2D eigenvalue weighted by atomic mass is 16.5. The fourth-order valence-corrected chi connectivity index (χ4v) is 2.20. The number of phenols is 3. The summed E-state index contributed by atoms with van der Waals surface area (Å²) in [5, 5.41) is 48.7. The van der Waals surface area contributed by atoms with Gasteiger partial charge in [-0.25, -0.2) is 0 Å². The van der Waals surface area contributed by atoms with Gasteiger partial charge in [0.15, 0.2) is 11.5 Å². The third kappa shape index (κ3) is 2.11. The number of aliphatic hydroxyl groups excluding tert-OH is 2.